The van der Waals surface area contributed by atoms with Crippen molar-refractivity contribution in [2.24, 2.45) is 0 Å². The number of nitrogens with one attached hydrogen (secondary N) is 1. The first-order valence-corrected chi connectivity index (χ1v) is 9.28. The normalized spacial score (nSPS) is 16.2. The summed E-state index contributed by atoms with van der Waals surface area (Å²) < 4.78 is 5.08. The van der Waals surface area contributed by atoms with E-state index in [1.54, 1.807) is 31.4 Å². The Labute approximate surface area is 150 Å². The zero-order valence-corrected chi connectivity index (χ0v) is 15.4. The number of Topliss-reactive ketones (excluding diaryl/α,β-unsaturated/α-hetero) is 1. The number of carbonyl (C=O) groups is 2. The van der Waals surface area contributed by atoms with E-state index in [0.29, 0.717) is 37.4 Å². The van der Waals surface area contributed by atoms with Crippen LogP contribution in [0.2, 0.25) is 0 Å². The van der Waals surface area contributed by atoms with Gasteiger partial charge in [-0.25, -0.2) is 0 Å². The summed E-state index contributed by atoms with van der Waals surface area (Å²) in [7, 11) is 1.60. The Morgan fingerprint density at radius 1 is 1.12 bits per heavy atom. The van der Waals surface area contributed by atoms with Gasteiger partial charge < -0.3 is 10.1 Å². The Balaban J connectivity index is 1.63. The minimum atomic E-state index is 0.0337. The van der Waals surface area contributed by atoms with Gasteiger partial charge in [-0.2, -0.15) is 0 Å². The molecule has 1 saturated heterocycles. The summed E-state index contributed by atoms with van der Waals surface area (Å²) in [5.41, 5.74) is 0.667. The molecule has 0 radical (unpaired) electrons. The molecular formula is C20H30N2O3. The van der Waals surface area contributed by atoms with Crippen LogP contribution in [-0.2, 0) is 4.79 Å². The topological polar surface area (TPSA) is 58.6 Å². The molecule has 1 aromatic rings. The number of ether oxygens (including phenoxy) is 1. The smallest absolute Gasteiger partial charge is 0.220 e. The van der Waals surface area contributed by atoms with E-state index in [1.165, 1.54) is 19.3 Å². The van der Waals surface area contributed by atoms with E-state index in [1.807, 2.05) is 0 Å². The lowest BCUT2D eigenvalue weighted by Gasteiger charge is -2.32. The average Bonchev–Trinajstić information content (AvgIpc) is 2.66. The van der Waals surface area contributed by atoms with E-state index in [9.17, 15) is 9.59 Å². The van der Waals surface area contributed by atoms with E-state index in [-0.39, 0.29) is 11.7 Å². The molecule has 1 aliphatic heterocycles. The highest BCUT2D eigenvalue weighted by Gasteiger charge is 2.17. The fourth-order valence-corrected chi connectivity index (χ4v) is 3.17. The van der Waals surface area contributed by atoms with Crippen LogP contribution in [0.15, 0.2) is 24.3 Å². The first-order valence-electron chi connectivity index (χ1n) is 9.28. The monoisotopic (exact) mass is 346 g/mol. The molecule has 1 amide bonds. The number of methoxy groups -OCH3 is 1. The number of nitrogens with zero attached hydrogens (tertiary/aromatic N) is 1. The van der Waals surface area contributed by atoms with E-state index in [2.05, 4.69) is 17.1 Å². The van der Waals surface area contributed by atoms with Crippen molar-refractivity contribution in [3.8, 4) is 5.75 Å². The number of carbonyl (C=O) groups excluding carboxylic acids is 2. The molecule has 0 saturated carbocycles. The first-order chi connectivity index (χ1) is 12.1. The summed E-state index contributed by atoms with van der Waals surface area (Å²) in [4.78, 5) is 26.5. The van der Waals surface area contributed by atoms with Gasteiger partial charge in [0.1, 0.15) is 5.75 Å². The van der Waals surface area contributed by atoms with Crippen LogP contribution in [0.3, 0.4) is 0 Å². The molecule has 1 heterocycles. The van der Waals surface area contributed by atoms with Crippen LogP contribution in [0.5, 0.6) is 5.75 Å². The molecule has 1 fully saturated rings. The van der Waals surface area contributed by atoms with Crippen LogP contribution in [0.4, 0.5) is 0 Å². The third-order valence-electron chi connectivity index (χ3n) is 4.83. The summed E-state index contributed by atoms with van der Waals surface area (Å²) in [6.45, 7) is 5.12. The molecule has 138 valence electrons. The van der Waals surface area contributed by atoms with Crippen molar-refractivity contribution in [2.45, 2.75) is 51.5 Å². The number of ketones is 1. The first kappa shape index (κ1) is 19.4. The molecule has 0 bridgehead atoms. The molecule has 1 N–H and O–H groups in total. The van der Waals surface area contributed by atoms with Gasteiger partial charge in [-0.05, 0) is 63.5 Å². The maximum Gasteiger partial charge on any atom is 0.220 e. The zero-order valence-electron chi connectivity index (χ0n) is 15.4. The van der Waals surface area contributed by atoms with Crippen molar-refractivity contribution in [2.75, 3.05) is 26.7 Å². The van der Waals surface area contributed by atoms with Gasteiger partial charge in [-0.15, -0.1) is 0 Å². The molecule has 0 spiro atoms. The quantitative estimate of drug-likeness (QED) is 0.698. The maximum atomic E-state index is 12.1. The van der Waals surface area contributed by atoms with Gasteiger partial charge in [0.25, 0.3) is 0 Å². The van der Waals surface area contributed by atoms with Crippen molar-refractivity contribution in [3.05, 3.63) is 29.8 Å². The third-order valence-corrected chi connectivity index (χ3v) is 4.83. The van der Waals surface area contributed by atoms with E-state index in [0.717, 1.165) is 18.8 Å². The Hall–Kier alpha value is -1.88. The van der Waals surface area contributed by atoms with E-state index in [4.69, 9.17) is 4.74 Å². The van der Waals surface area contributed by atoms with Crippen molar-refractivity contribution < 1.29 is 14.3 Å². The fraction of sp³-hybridized carbons (Fsp3) is 0.600. The predicted octanol–water partition coefficient (Wildman–Crippen LogP) is 3.04. The number of hydrogen-bond acceptors (Lipinski definition) is 4. The third kappa shape index (κ3) is 6.50. The second-order valence-corrected chi connectivity index (χ2v) is 6.75. The second kappa shape index (κ2) is 10.2. The molecule has 5 nitrogen and oxygen atoms in total. The van der Waals surface area contributed by atoms with E-state index >= 15 is 0 Å². The fourth-order valence-electron chi connectivity index (χ4n) is 3.17. The average molecular weight is 346 g/mol. The largest absolute Gasteiger partial charge is 0.497 e. The Morgan fingerprint density at radius 2 is 1.80 bits per heavy atom. The van der Waals surface area contributed by atoms with Crippen LogP contribution in [-0.4, -0.2) is 49.4 Å². The molecule has 1 atom stereocenters. The predicted molar refractivity (Wildman–Crippen MR) is 99.1 cm³/mol. The minimum absolute atomic E-state index is 0.0337. The summed E-state index contributed by atoms with van der Waals surface area (Å²) in [5, 5.41) is 3.00. The van der Waals surface area contributed by atoms with Crippen molar-refractivity contribution in [1.29, 1.82) is 0 Å². The van der Waals surface area contributed by atoms with Crippen LogP contribution in [0.25, 0.3) is 0 Å². The van der Waals surface area contributed by atoms with Gasteiger partial charge in [0, 0.05) is 31.0 Å². The summed E-state index contributed by atoms with van der Waals surface area (Å²) in [5.74, 6) is 0.835. The molecule has 5 heteroatoms. The number of amides is 1. The van der Waals surface area contributed by atoms with Gasteiger partial charge in [0.2, 0.25) is 5.91 Å². The number of benzene rings is 1. The van der Waals surface area contributed by atoms with Gasteiger partial charge in [0.05, 0.1) is 7.11 Å². The van der Waals surface area contributed by atoms with Crippen LogP contribution < -0.4 is 10.1 Å². The molecule has 0 aromatic heterocycles. The molecule has 0 aliphatic carbocycles. The Kier molecular flexibility index (Phi) is 7.92. The van der Waals surface area contributed by atoms with Gasteiger partial charge in [-0.1, -0.05) is 6.42 Å². The zero-order chi connectivity index (χ0) is 18.1. The number of rotatable bonds is 9. The number of hydrogen-bond donors (Lipinski definition) is 1. The highest BCUT2D eigenvalue weighted by atomic mass is 16.5. The summed E-state index contributed by atoms with van der Waals surface area (Å²) in [6, 6.07) is 7.47. The molecule has 25 heavy (non-hydrogen) atoms. The van der Waals surface area contributed by atoms with Gasteiger partial charge in [0.15, 0.2) is 5.78 Å². The molecule has 1 aromatic carbocycles. The molecule has 1 aliphatic rings. The van der Waals surface area contributed by atoms with Crippen molar-refractivity contribution in [1.82, 2.24) is 10.2 Å². The summed E-state index contributed by atoms with van der Waals surface area (Å²) >= 11 is 0. The second-order valence-electron chi connectivity index (χ2n) is 6.75. The lowest BCUT2D eigenvalue weighted by molar-refractivity contribution is -0.121. The van der Waals surface area contributed by atoms with Gasteiger partial charge >= 0.3 is 0 Å². The number of piperidine rings is 1. The van der Waals surface area contributed by atoms with Crippen LogP contribution in [0.1, 0.15) is 55.8 Å². The Bertz CT molecular complexity index is 551. The molecule has 1 unspecified atom stereocenters. The molecular weight excluding hydrogens is 316 g/mol. The van der Waals surface area contributed by atoms with Crippen LogP contribution in [0, 0.1) is 0 Å². The lowest BCUT2D eigenvalue weighted by atomic mass is 10.1. The minimum Gasteiger partial charge on any atom is -0.497 e. The standard InChI is InChI=1S/C20H30N2O3/c1-16(22-13-4-3-5-14-22)15-21-20(24)8-6-7-19(23)17-9-11-18(25-2)12-10-17/h9-12,16H,3-8,13-15H2,1-2H3,(H,21,24). The van der Waals surface area contributed by atoms with Crippen LogP contribution >= 0.6 is 0 Å². The Morgan fingerprint density at radius 3 is 2.44 bits per heavy atom. The van der Waals surface area contributed by atoms with E-state index < -0.39 is 0 Å². The molecule has 2 rings (SSSR count). The van der Waals surface area contributed by atoms with Crippen molar-refractivity contribution >= 4 is 11.7 Å². The highest BCUT2D eigenvalue weighted by Crippen LogP contribution is 2.14. The highest BCUT2D eigenvalue weighted by molar-refractivity contribution is 5.96. The van der Waals surface area contributed by atoms with Crippen molar-refractivity contribution in [3.63, 3.8) is 0 Å². The number of likely N-dealkylation sites (tertiary alicyclic amines) is 1. The van der Waals surface area contributed by atoms with Gasteiger partial charge in [-0.3, -0.25) is 14.5 Å². The SMILES string of the molecule is COc1ccc(C(=O)CCCC(=O)NCC(C)N2CCCCC2)cc1. The maximum absolute atomic E-state index is 12.1. The summed E-state index contributed by atoms with van der Waals surface area (Å²) in [6.07, 6.45) is 5.19. The lowest BCUT2D eigenvalue weighted by Crippen LogP contribution is -2.44.